The van der Waals surface area contributed by atoms with Crippen molar-refractivity contribution in [1.29, 1.82) is 0 Å². The second-order valence-electron chi connectivity index (χ2n) is 1.30. The number of aliphatic carboxylic acids is 1. The lowest BCUT2D eigenvalue weighted by Crippen LogP contribution is -2.30. The first-order valence-corrected chi connectivity index (χ1v) is 3.62. The van der Waals surface area contributed by atoms with E-state index >= 15 is 0 Å². The van der Waals surface area contributed by atoms with Crippen LogP contribution in [0.25, 0.3) is 0 Å². The maximum Gasteiger partial charge on any atom is 0.348 e. The normalized spacial score (nSPS) is 16.7. The zero-order chi connectivity index (χ0) is 7.44. The molecule has 0 amide bonds. The molecule has 2 atom stereocenters. The van der Waals surface area contributed by atoms with Crippen molar-refractivity contribution in [2.75, 3.05) is 6.26 Å². The number of hydrogen-bond donors (Lipinski definition) is 2. The molecule has 0 aliphatic carbocycles. The van der Waals surface area contributed by atoms with Crippen LogP contribution in [0.2, 0.25) is 0 Å². The average Bonchev–Trinajstić information content (AvgIpc) is 1.64. The molecule has 5 nitrogen and oxygen atoms in total. The van der Waals surface area contributed by atoms with Gasteiger partial charge >= 0.3 is 5.97 Å². The van der Waals surface area contributed by atoms with Gasteiger partial charge in [0.25, 0.3) is 0 Å². The summed E-state index contributed by atoms with van der Waals surface area (Å²) in [6, 6.07) is 0. The Labute approximate surface area is 54.2 Å². The van der Waals surface area contributed by atoms with Gasteiger partial charge in [0, 0.05) is 6.26 Å². The molecular weight excluding hydrogens is 146 g/mol. The van der Waals surface area contributed by atoms with Crippen LogP contribution in [0, 0.1) is 0 Å². The second-order valence-corrected chi connectivity index (χ2v) is 2.73. The Morgan fingerprint density at radius 2 is 2.33 bits per heavy atom. The highest BCUT2D eigenvalue weighted by atomic mass is 32.2. The van der Waals surface area contributed by atoms with Gasteiger partial charge in [0.1, 0.15) is 0 Å². The Kier molecular flexibility index (Phi) is 3.36. The zero-order valence-corrected chi connectivity index (χ0v) is 5.55. The number of nitrogens with two attached hydrogens (primary N) is 1. The Hall–Kier alpha value is -0.460. The lowest BCUT2D eigenvalue weighted by atomic mass is 10.7. The fraction of sp³-hybridized carbons (Fsp3) is 0.667. The molecule has 3 N–H and O–H groups in total. The van der Waals surface area contributed by atoms with Crippen LogP contribution in [-0.2, 0) is 20.4 Å². The largest absolute Gasteiger partial charge is 0.479 e. The van der Waals surface area contributed by atoms with Crippen LogP contribution in [0.3, 0.4) is 0 Å². The molecule has 0 rings (SSSR count). The van der Waals surface area contributed by atoms with E-state index in [-0.39, 0.29) is 0 Å². The predicted molar refractivity (Wildman–Crippen MR) is 30.8 cm³/mol. The van der Waals surface area contributed by atoms with Gasteiger partial charge in [0.15, 0.2) is 0 Å². The molecule has 0 fully saturated rings. The van der Waals surface area contributed by atoms with Crippen molar-refractivity contribution in [3.05, 3.63) is 0 Å². The van der Waals surface area contributed by atoms with Crippen molar-refractivity contribution < 1.29 is 18.9 Å². The molecule has 0 saturated heterocycles. The van der Waals surface area contributed by atoms with Crippen LogP contribution in [0.15, 0.2) is 0 Å². The average molecular weight is 153 g/mol. The molecule has 0 heterocycles. The van der Waals surface area contributed by atoms with Crippen molar-refractivity contribution in [3.63, 3.8) is 0 Å². The summed E-state index contributed by atoms with van der Waals surface area (Å²) < 4.78 is 10.3. The molecule has 0 bridgehead atoms. The Morgan fingerprint density at radius 1 is 1.89 bits per heavy atom. The Bertz CT molecular complexity index is 122. The van der Waals surface area contributed by atoms with Crippen molar-refractivity contribution in [2.45, 2.75) is 5.44 Å². The number of carboxylic acid groups (broad SMARTS) is 1. The lowest BCUT2D eigenvalue weighted by Gasteiger charge is -2.03. The van der Waals surface area contributed by atoms with Crippen molar-refractivity contribution in [1.82, 2.24) is 0 Å². The van der Waals surface area contributed by atoms with E-state index in [1.807, 2.05) is 0 Å². The van der Waals surface area contributed by atoms with Crippen LogP contribution >= 0.6 is 0 Å². The second kappa shape index (κ2) is 3.54. The molecule has 9 heavy (non-hydrogen) atoms. The molecule has 0 aliphatic rings. The van der Waals surface area contributed by atoms with Gasteiger partial charge in [-0.25, -0.2) is 10.7 Å². The summed E-state index contributed by atoms with van der Waals surface area (Å²) in [7, 11) is -1.58. The maximum absolute atomic E-state index is 10.3. The van der Waals surface area contributed by atoms with Crippen molar-refractivity contribution in [3.8, 4) is 0 Å². The smallest absolute Gasteiger partial charge is 0.348 e. The van der Waals surface area contributed by atoms with Gasteiger partial charge in [-0.2, -0.15) is 0 Å². The van der Waals surface area contributed by atoms with Gasteiger partial charge in [0.2, 0.25) is 5.44 Å². The number of hydrogen-bond acceptors (Lipinski definition) is 4. The number of rotatable bonds is 3. The van der Waals surface area contributed by atoms with Gasteiger partial charge < -0.3 is 5.11 Å². The quantitative estimate of drug-likeness (QED) is 0.490. The molecule has 0 radical (unpaired) electrons. The van der Waals surface area contributed by atoms with Crippen LogP contribution in [0.5, 0.6) is 0 Å². The SMILES string of the molecule is CS(=O)C(ON)C(=O)O. The van der Waals surface area contributed by atoms with Crippen molar-refractivity contribution in [2.24, 2.45) is 5.90 Å². The van der Waals surface area contributed by atoms with Gasteiger partial charge in [-0.1, -0.05) is 0 Å². The summed E-state index contributed by atoms with van der Waals surface area (Å²) in [5, 5.41) is 8.15. The van der Waals surface area contributed by atoms with Crippen molar-refractivity contribution >= 4 is 16.8 Å². The summed E-state index contributed by atoms with van der Waals surface area (Å²) in [5.74, 6) is 3.18. The van der Waals surface area contributed by atoms with E-state index in [1.54, 1.807) is 0 Å². The number of carboxylic acids is 1. The summed E-state index contributed by atoms with van der Waals surface area (Å²) >= 11 is 0. The standard InChI is InChI=1S/C3H7NO4S/c1-9(7)3(8-4)2(5)6/h3H,4H2,1H3,(H,5,6). The molecule has 0 aromatic carbocycles. The van der Waals surface area contributed by atoms with E-state index in [9.17, 15) is 9.00 Å². The third-order valence-corrected chi connectivity index (χ3v) is 1.54. The Morgan fingerprint density at radius 3 is 2.33 bits per heavy atom. The monoisotopic (exact) mass is 153 g/mol. The van der Waals surface area contributed by atoms with Crippen LogP contribution < -0.4 is 5.90 Å². The van der Waals surface area contributed by atoms with Crippen LogP contribution in [-0.4, -0.2) is 27.0 Å². The molecule has 0 aromatic rings. The van der Waals surface area contributed by atoms with Gasteiger partial charge in [-0.05, 0) is 0 Å². The van der Waals surface area contributed by atoms with Gasteiger partial charge in [-0.15, -0.1) is 0 Å². The van der Waals surface area contributed by atoms with E-state index in [2.05, 4.69) is 10.7 Å². The highest BCUT2D eigenvalue weighted by Gasteiger charge is 2.20. The molecule has 6 heteroatoms. The molecule has 2 unspecified atom stereocenters. The zero-order valence-electron chi connectivity index (χ0n) is 4.73. The van der Waals surface area contributed by atoms with Crippen LogP contribution in [0.4, 0.5) is 0 Å². The fourth-order valence-electron chi connectivity index (χ4n) is 0.278. The molecule has 0 saturated carbocycles. The first kappa shape index (κ1) is 8.54. The third kappa shape index (κ3) is 2.54. The highest BCUT2D eigenvalue weighted by molar-refractivity contribution is 7.85. The summed E-state index contributed by atoms with van der Waals surface area (Å²) in [6.45, 7) is 0. The Balaban J connectivity index is 3.99. The van der Waals surface area contributed by atoms with E-state index in [0.717, 1.165) is 0 Å². The number of carbonyl (C=O) groups is 1. The van der Waals surface area contributed by atoms with E-state index < -0.39 is 22.2 Å². The minimum atomic E-state index is -1.58. The molecule has 54 valence electrons. The summed E-state index contributed by atoms with van der Waals surface area (Å²) in [4.78, 5) is 13.8. The highest BCUT2D eigenvalue weighted by Crippen LogP contribution is 1.91. The summed E-state index contributed by atoms with van der Waals surface area (Å²) in [5.41, 5.74) is -1.41. The molecule has 0 aliphatic heterocycles. The van der Waals surface area contributed by atoms with E-state index in [4.69, 9.17) is 5.11 Å². The van der Waals surface area contributed by atoms with Gasteiger partial charge in [0.05, 0.1) is 10.8 Å². The van der Waals surface area contributed by atoms with Gasteiger partial charge in [-0.3, -0.25) is 9.05 Å². The fourth-order valence-corrected chi connectivity index (χ4v) is 0.719. The molecule has 0 spiro atoms. The first-order chi connectivity index (χ1) is 4.09. The molecule has 0 aromatic heterocycles. The van der Waals surface area contributed by atoms with E-state index in [1.165, 1.54) is 6.26 Å². The van der Waals surface area contributed by atoms with E-state index in [0.29, 0.717) is 0 Å². The summed E-state index contributed by atoms with van der Waals surface area (Å²) in [6.07, 6.45) is 1.20. The topological polar surface area (TPSA) is 89.6 Å². The maximum atomic E-state index is 10.3. The minimum absolute atomic E-state index is 1.20. The third-order valence-electron chi connectivity index (χ3n) is 0.627. The predicted octanol–water partition coefficient (Wildman–Crippen LogP) is -1.33. The first-order valence-electron chi connectivity index (χ1n) is 2.00. The lowest BCUT2D eigenvalue weighted by molar-refractivity contribution is -0.144. The molecular formula is C3H7NO4S. The minimum Gasteiger partial charge on any atom is -0.479 e. The van der Waals surface area contributed by atoms with Crippen LogP contribution in [0.1, 0.15) is 0 Å².